The van der Waals surface area contributed by atoms with E-state index in [2.05, 4.69) is 5.10 Å². The van der Waals surface area contributed by atoms with Crippen molar-refractivity contribution in [3.63, 3.8) is 0 Å². The molecule has 3 rings (SSSR count). The van der Waals surface area contributed by atoms with Gasteiger partial charge in [-0.05, 0) is 30.7 Å². The predicted molar refractivity (Wildman–Crippen MR) is 106 cm³/mol. The van der Waals surface area contributed by atoms with Crippen LogP contribution in [0.4, 0.5) is 5.69 Å². The fraction of sp³-hybridized carbons (Fsp3) is 0.143. The molecule has 3 aromatic rings. The Bertz CT molecular complexity index is 1040. The van der Waals surface area contributed by atoms with Crippen molar-refractivity contribution in [2.75, 3.05) is 7.11 Å². The second kappa shape index (κ2) is 8.30. The quantitative estimate of drug-likeness (QED) is 0.268. The number of carbonyl (C=O) groups is 1. The molecular weight excluding hydrogens is 358 g/mol. The maximum Gasteiger partial charge on any atom is 0.307 e. The molecule has 2 aromatic carbocycles. The second-order valence-corrected chi connectivity index (χ2v) is 6.29. The highest BCUT2D eigenvalue weighted by Gasteiger charge is 2.11. The maximum atomic E-state index is 12.3. The number of aryl methyl sites for hydroxylation is 1. The van der Waals surface area contributed by atoms with Gasteiger partial charge in [0.2, 0.25) is 0 Å². The van der Waals surface area contributed by atoms with Crippen molar-refractivity contribution in [2.45, 2.75) is 13.5 Å². The molecule has 0 aliphatic carbocycles. The van der Waals surface area contributed by atoms with Gasteiger partial charge >= 0.3 is 5.69 Å². The molecular formula is C21H19N3O4. The molecule has 0 radical (unpaired) electrons. The lowest BCUT2D eigenvalue weighted by atomic mass is 10.1. The number of hydrogen-bond donors (Lipinski definition) is 0. The first-order chi connectivity index (χ1) is 13.5. The molecule has 7 nitrogen and oxygen atoms in total. The summed E-state index contributed by atoms with van der Waals surface area (Å²) in [7, 11) is 1.56. The van der Waals surface area contributed by atoms with Crippen LogP contribution in [0.2, 0.25) is 0 Å². The molecule has 7 heteroatoms. The highest BCUT2D eigenvalue weighted by molar-refractivity contribution is 6.06. The summed E-state index contributed by atoms with van der Waals surface area (Å²) in [5, 5.41) is 14.8. The Kier molecular flexibility index (Phi) is 5.64. The number of benzene rings is 2. The normalized spacial score (nSPS) is 10.9. The molecule has 0 aliphatic rings. The first-order valence-corrected chi connectivity index (χ1v) is 8.59. The van der Waals surface area contributed by atoms with E-state index in [9.17, 15) is 14.9 Å². The number of nitrogens with zero attached hydrogens (tertiary/aromatic N) is 3. The van der Waals surface area contributed by atoms with Crippen LogP contribution in [0.15, 0.2) is 60.9 Å². The topological polar surface area (TPSA) is 87.3 Å². The minimum atomic E-state index is -0.490. The number of ketones is 1. The van der Waals surface area contributed by atoms with Crippen LogP contribution in [0.1, 0.15) is 27.0 Å². The highest BCUT2D eigenvalue weighted by atomic mass is 16.6. The average Bonchev–Trinajstić information content (AvgIpc) is 3.16. The summed E-state index contributed by atoms with van der Waals surface area (Å²) in [5.74, 6) is 0.556. The van der Waals surface area contributed by atoms with E-state index in [1.807, 2.05) is 31.2 Å². The lowest BCUT2D eigenvalue weighted by Crippen LogP contribution is -2.02. The fourth-order valence-electron chi connectivity index (χ4n) is 2.72. The van der Waals surface area contributed by atoms with E-state index in [-0.39, 0.29) is 11.5 Å². The van der Waals surface area contributed by atoms with E-state index in [1.165, 1.54) is 23.2 Å². The van der Waals surface area contributed by atoms with Gasteiger partial charge < -0.3 is 4.74 Å². The van der Waals surface area contributed by atoms with Gasteiger partial charge in [-0.2, -0.15) is 5.10 Å². The van der Waals surface area contributed by atoms with Gasteiger partial charge in [0.05, 0.1) is 18.6 Å². The van der Waals surface area contributed by atoms with Gasteiger partial charge in [0.15, 0.2) is 5.78 Å². The highest BCUT2D eigenvalue weighted by Crippen LogP contribution is 2.22. The Hall–Kier alpha value is -3.74. The minimum Gasteiger partial charge on any atom is -0.496 e. The summed E-state index contributed by atoms with van der Waals surface area (Å²) in [6, 6.07) is 12.9. The van der Waals surface area contributed by atoms with E-state index in [1.54, 1.807) is 31.4 Å². The minimum absolute atomic E-state index is 0.0706. The Labute approximate surface area is 162 Å². The third kappa shape index (κ3) is 4.50. The van der Waals surface area contributed by atoms with Crippen LogP contribution in [0, 0.1) is 17.0 Å². The van der Waals surface area contributed by atoms with E-state index in [0.717, 1.165) is 16.7 Å². The zero-order chi connectivity index (χ0) is 20.1. The van der Waals surface area contributed by atoms with E-state index < -0.39 is 4.92 Å². The molecule has 0 bridgehead atoms. The lowest BCUT2D eigenvalue weighted by Gasteiger charge is -2.09. The molecule has 0 amide bonds. The third-order valence-electron chi connectivity index (χ3n) is 4.23. The van der Waals surface area contributed by atoms with Crippen molar-refractivity contribution >= 4 is 17.5 Å². The Morgan fingerprint density at radius 3 is 2.64 bits per heavy atom. The van der Waals surface area contributed by atoms with Crippen LogP contribution in [0.25, 0.3) is 6.08 Å². The summed E-state index contributed by atoms with van der Waals surface area (Å²) in [6.07, 6.45) is 5.82. The first-order valence-electron chi connectivity index (χ1n) is 8.59. The zero-order valence-electron chi connectivity index (χ0n) is 15.5. The SMILES string of the molecule is COc1ccc(/C=C/C(=O)c2ccc(C)cc2)cc1Cn1cc([N+](=O)[O-])cn1. The number of ether oxygens (including phenoxy) is 1. The molecule has 0 spiro atoms. The molecule has 28 heavy (non-hydrogen) atoms. The number of aromatic nitrogens is 2. The van der Waals surface area contributed by atoms with E-state index in [0.29, 0.717) is 17.9 Å². The van der Waals surface area contributed by atoms with Crippen molar-refractivity contribution in [2.24, 2.45) is 0 Å². The van der Waals surface area contributed by atoms with E-state index in [4.69, 9.17) is 4.74 Å². The number of methoxy groups -OCH3 is 1. The van der Waals surface area contributed by atoms with E-state index >= 15 is 0 Å². The fourth-order valence-corrected chi connectivity index (χ4v) is 2.72. The van der Waals surface area contributed by atoms with Gasteiger partial charge in [-0.3, -0.25) is 19.6 Å². The summed E-state index contributed by atoms with van der Waals surface area (Å²) in [6.45, 7) is 2.28. The van der Waals surface area contributed by atoms with Crippen LogP contribution in [0.3, 0.4) is 0 Å². The number of rotatable bonds is 7. The molecule has 142 valence electrons. The number of hydrogen-bond acceptors (Lipinski definition) is 5. The van der Waals surface area contributed by atoms with Crippen molar-refractivity contribution in [3.8, 4) is 5.75 Å². The smallest absolute Gasteiger partial charge is 0.307 e. The van der Waals surface area contributed by atoms with Gasteiger partial charge in [0.1, 0.15) is 18.1 Å². The molecule has 0 saturated heterocycles. The number of allylic oxidation sites excluding steroid dienone is 1. The molecule has 0 fully saturated rings. The van der Waals surface area contributed by atoms with Gasteiger partial charge in [-0.15, -0.1) is 0 Å². The standard InChI is InChI=1S/C21H19N3O4/c1-15-3-7-17(8-4-15)20(25)9-5-16-6-10-21(28-2)18(11-16)13-23-14-19(12-22-23)24(26)27/h3-12,14H,13H2,1-2H3/b9-5+. The Morgan fingerprint density at radius 1 is 1.25 bits per heavy atom. The lowest BCUT2D eigenvalue weighted by molar-refractivity contribution is -0.385. The molecule has 0 aliphatic heterocycles. The second-order valence-electron chi connectivity index (χ2n) is 6.29. The van der Waals surface area contributed by atoms with Crippen LogP contribution >= 0.6 is 0 Å². The number of carbonyl (C=O) groups excluding carboxylic acids is 1. The van der Waals surface area contributed by atoms with Gasteiger partial charge in [-0.1, -0.05) is 42.0 Å². The van der Waals surface area contributed by atoms with Gasteiger partial charge in [0.25, 0.3) is 0 Å². The molecule has 1 aromatic heterocycles. The summed E-state index contributed by atoms with van der Waals surface area (Å²) < 4.78 is 6.84. The number of nitro groups is 1. The average molecular weight is 377 g/mol. The zero-order valence-corrected chi connectivity index (χ0v) is 15.5. The largest absolute Gasteiger partial charge is 0.496 e. The summed E-state index contributed by atoms with van der Waals surface area (Å²) >= 11 is 0. The Balaban J connectivity index is 1.80. The first kappa shape index (κ1) is 19.0. The van der Waals surface area contributed by atoms with Gasteiger partial charge in [0, 0.05) is 11.1 Å². The summed E-state index contributed by atoms with van der Waals surface area (Å²) in [4.78, 5) is 22.6. The van der Waals surface area contributed by atoms with Crippen molar-refractivity contribution in [1.29, 1.82) is 0 Å². The molecule has 0 saturated carbocycles. The van der Waals surface area contributed by atoms with Crippen LogP contribution in [0.5, 0.6) is 5.75 Å². The van der Waals surface area contributed by atoms with Crippen molar-refractivity contribution in [3.05, 3.63) is 93.3 Å². The Morgan fingerprint density at radius 2 is 2.00 bits per heavy atom. The molecule has 0 atom stereocenters. The van der Waals surface area contributed by atoms with Gasteiger partial charge in [-0.25, -0.2) is 0 Å². The predicted octanol–water partition coefficient (Wildman–Crippen LogP) is 4.05. The monoisotopic (exact) mass is 377 g/mol. The van der Waals surface area contributed by atoms with Crippen LogP contribution < -0.4 is 4.74 Å². The maximum absolute atomic E-state index is 12.3. The van der Waals surface area contributed by atoms with Crippen molar-refractivity contribution < 1.29 is 14.5 Å². The van der Waals surface area contributed by atoms with Crippen LogP contribution in [-0.2, 0) is 6.54 Å². The molecule has 0 unspecified atom stereocenters. The van der Waals surface area contributed by atoms with Crippen molar-refractivity contribution in [1.82, 2.24) is 9.78 Å². The molecule has 0 N–H and O–H groups in total. The molecule has 1 heterocycles. The summed E-state index contributed by atoms with van der Waals surface area (Å²) in [5.41, 5.74) is 3.26. The third-order valence-corrected chi connectivity index (χ3v) is 4.23. The van der Waals surface area contributed by atoms with Crippen LogP contribution in [-0.4, -0.2) is 27.6 Å².